The van der Waals surface area contributed by atoms with Gasteiger partial charge < -0.3 is 14.4 Å². The van der Waals surface area contributed by atoms with Gasteiger partial charge in [-0.3, -0.25) is 4.79 Å². The average Bonchev–Trinajstić information content (AvgIpc) is 2.52. The Kier molecular flexibility index (Phi) is 6.49. The summed E-state index contributed by atoms with van der Waals surface area (Å²) in [6.07, 6.45) is 1.12. The van der Waals surface area contributed by atoms with Crippen molar-refractivity contribution in [3.63, 3.8) is 0 Å². The smallest absolute Gasteiger partial charge is 0.344 e. The molecule has 1 aliphatic rings. The summed E-state index contributed by atoms with van der Waals surface area (Å²) in [6, 6.07) is 5.14. The lowest BCUT2D eigenvalue weighted by Crippen LogP contribution is -2.44. The molecule has 2 rings (SSSR count). The van der Waals surface area contributed by atoms with Crippen molar-refractivity contribution < 1.29 is 19.1 Å². The molecule has 5 nitrogen and oxygen atoms in total. The molecule has 0 N–H and O–H groups in total. The van der Waals surface area contributed by atoms with E-state index in [1.807, 2.05) is 6.92 Å². The summed E-state index contributed by atoms with van der Waals surface area (Å²) in [7, 11) is 0. The van der Waals surface area contributed by atoms with Gasteiger partial charge in [0.2, 0.25) is 0 Å². The number of carbonyl (C=O) groups is 2. The van der Waals surface area contributed by atoms with Gasteiger partial charge >= 0.3 is 5.97 Å². The van der Waals surface area contributed by atoms with Gasteiger partial charge in [0.05, 0.1) is 0 Å². The minimum atomic E-state index is -0.561. The second kappa shape index (κ2) is 8.38. The lowest BCUT2D eigenvalue weighted by Gasteiger charge is -2.34. The minimum Gasteiger partial charge on any atom is -0.482 e. The molecule has 1 saturated heterocycles. The van der Waals surface area contributed by atoms with Crippen molar-refractivity contribution in [3.05, 3.63) is 28.8 Å². The van der Waals surface area contributed by atoms with E-state index in [0.29, 0.717) is 22.6 Å². The van der Waals surface area contributed by atoms with Gasteiger partial charge in [0.25, 0.3) is 5.91 Å². The van der Waals surface area contributed by atoms with Crippen LogP contribution in [0.1, 0.15) is 25.8 Å². The van der Waals surface area contributed by atoms with Crippen LogP contribution in [-0.2, 0) is 14.3 Å². The van der Waals surface area contributed by atoms with E-state index in [4.69, 9.17) is 21.1 Å². The van der Waals surface area contributed by atoms with E-state index in [2.05, 4.69) is 13.8 Å². The van der Waals surface area contributed by atoms with Crippen molar-refractivity contribution in [3.8, 4) is 5.75 Å². The molecule has 1 aromatic rings. The van der Waals surface area contributed by atoms with Gasteiger partial charge in [-0.15, -0.1) is 0 Å². The van der Waals surface area contributed by atoms with E-state index in [-0.39, 0.29) is 19.1 Å². The molecule has 24 heavy (non-hydrogen) atoms. The highest BCUT2D eigenvalue weighted by Gasteiger charge is 2.25. The SMILES string of the molecule is Cc1cc(OCC(=O)OCC(=O)N2C[C@H](C)C[C@@H](C)C2)ccc1Cl. The number of esters is 1. The first-order valence-electron chi connectivity index (χ1n) is 8.17. The Morgan fingerprint density at radius 3 is 2.50 bits per heavy atom. The molecular formula is C18H24ClNO4. The Morgan fingerprint density at radius 2 is 1.88 bits per heavy atom. The maximum absolute atomic E-state index is 12.1. The van der Waals surface area contributed by atoms with Crippen LogP contribution >= 0.6 is 11.6 Å². The molecule has 0 unspecified atom stereocenters. The number of nitrogens with zero attached hydrogens (tertiary/aromatic N) is 1. The number of carbonyl (C=O) groups excluding carboxylic acids is 2. The van der Waals surface area contributed by atoms with Crippen molar-refractivity contribution in [1.82, 2.24) is 4.90 Å². The molecular weight excluding hydrogens is 330 g/mol. The molecule has 0 radical (unpaired) electrons. The summed E-state index contributed by atoms with van der Waals surface area (Å²) >= 11 is 5.93. The number of benzene rings is 1. The molecule has 2 atom stereocenters. The molecule has 0 saturated carbocycles. The Balaban J connectivity index is 1.74. The van der Waals surface area contributed by atoms with Gasteiger partial charge in [-0.2, -0.15) is 0 Å². The van der Waals surface area contributed by atoms with Gasteiger partial charge in [0.15, 0.2) is 13.2 Å². The van der Waals surface area contributed by atoms with E-state index < -0.39 is 5.97 Å². The Bertz CT molecular complexity index is 595. The molecule has 1 amide bonds. The van der Waals surface area contributed by atoms with Crippen LogP contribution in [0.5, 0.6) is 5.75 Å². The lowest BCUT2D eigenvalue weighted by molar-refractivity contribution is -0.154. The third-order valence-electron chi connectivity index (χ3n) is 4.06. The van der Waals surface area contributed by atoms with E-state index >= 15 is 0 Å². The summed E-state index contributed by atoms with van der Waals surface area (Å²) in [6.45, 7) is 7.09. The van der Waals surface area contributed by atoms with Gasteiger partial charge in [-0.1, -0.05) is 25.4 Å². The first-order valence-corrected chi connectivity index (χ1v) is 8.55. The first-order chi connectivity index (χ1) is 11.3. The molecule has 0 spiro atoms. The number of halogens is 1. The molecule has 0 bridgehead atoms. The molecule has 132 valence electrons. The van der Waals surface area contributed by atoms with Crippen LogP contribution in [0.15, 0.2) is 18.2 Å². The van der Waals surface area contributed by atoms with Crippen LogP contribution in [0.3, 0.4) is 0 Å². The van der Waals surface area contributed by atoms with Gasteiger partial charge in [-0.25, -0.2) is 4.79 Å². The third kappa shape index (κ3) is 5.41. The van der Waals surface area contributed by atoms with Crippen LogP contribution in [0.25, 0.3) is 0 Å². The van der Waals surface area contributed by atoms with Crippen molar-refractivity contribution in [2.45, 2.75) is 27.2 Å². The number of hydrogen-bond acceptors (Lipinski definition) is 4. The zero-order valence-corrected chi connectivity index (χ0v) is 15.1. The van der Waals surface area contributed by atoms with Crippen molar-refractivity contribution in [2.24, 2.45) is 11.8 Å². The fourth-order valence-corrected chi connectivity index (χ4v) is 3.11. The van der Waals surface area contributed by atoms with Crippen LogP contribution in [0.2, 0.25) is 5.02 Å². The Labute approximate surface area is 147 Å². The summed E-state index contributed by atoms with van der Waals surface area (Å²) in [5.74, 6) is 0.784. The van der Waals surface area contributed by atoms with Crippen LogP contribution in [0.4, 0.5) is 0 Å². The number of hydrogen-bond donors (Lipinski definition) is 0. The molecule has 1 aromatic carbocycles. The highest BCUT2D eigenvalue weighted by atomic mass is 35.5. The fraction of sp³-hybridized carbons (Fsp3) is 0.556. The van der Waals surface area contributed by atoms with Crippen LogP contribution < -0.4 is 4.74 Å². The summed E-state index contributed by atoms with van der Waals surface area (Å²) in [5.41, 5.74) is 0.867. The topological polar surface area (TPSA) is 55.8 Å². The third-order valence-corrected chi connectivity index (χ3v) is 4.49. The standard InChI is InChI=1S/C18H24ClNO4/c1-12-6-13(2)9-20(8-12)17(21)10-24-18(22)11-23-15-4-5-16(19)14(3)7-15/h4-5,7,12-13H,6,8-11H2,1-3H3/t12-,13-/m1/s1. The van der Waals surface area contributed by atoms with Crippen molar-refractivity contribution >= 4 is 23.5 Å². The van der Waals surface area contributed by atoms with E-state index in [1.165, 1.54) is 0 Å². The predicted molar refractivity (Wildman–Crippen MR) is 92.2 cm³/mol. The second-order valence-corrected chi connectivity index (χ2v) is 7.01. The highest BCUT2D eigenvalue weighted by molar-refractivity contribution is 6.31. The molecule has 0 aliphatic carbocycles. The van der Waals surface area contributed by atoms with Crippen LogP contribution in [-0.4, -0.2) is 43.1 Å². The average molecular weight is 354 g/mol. The maximum Gasteiger partial charge on any atom is 0.344 e. The molecule has 1 fully saturated rings. The van der Waals surface area contributed by atoms with Gasteiger partial charge in [-0.05, 0) is 48.9 Å². The number of rotatable bonds is 5. The molecule has 1 aliphatic heterocycles. The van der Waals surface area contributed by atoms with Crippen molar-refractivity contribution in [2.75, 3.05) is 26.3 Å². The van der Waals surface area contributed by atoms with E-state index in [1.54, 1.807) is 23.1 Å². The molecule has 0 aromatic heterocycles. The normalized spacial score (nSPS) is 20.6. The number of aryl methyl sites for hydroxylation is 1. The number of amides is 1. The van der Waals surface area contributed by atoms with Gasteiger partial charge in [0, 0.05) is 18.1 Å². The van der Waals surface area contributed by atoms with E-state index in [0.717, 1.165) is 25.1 Å². The summed E-state index contributed by atoms with van der Waals surface area (Å²) in [5, 5.41) is 0.639. The largest absolute Gasteiger partial charge is 0.482 e. The number of piperidine rings is 1. The summed E-state index contributed by atoms with van der Waals surface area (Å²) in [4.78, 5) is 25.7. The fourth-order valence-electron chi connectivity index (χ4n) is 2.99. The molecule has 1 heterocycles. The zero-order chi connectivity index (χ0) is 17.7. The lowest BCUT2D eigenvalue weighted by atomic mass is 9.92. The van der Waals surface area contributed by atoms with E-state index in [9.17, 15) is 9.59 Å². The Hall–Kier alpha value is -1.75. The monoisotopic (exact) mass is 353 g/mol. The summed E-state index contributed by atoms with van der Waals surface area (Å²) < 4.78 is 10.4. The number of ether oxygens (including phenoxy) is 2. The predicted octanol–water partition coefficient (Wildman–Crippen LogP) is 3.07. The highest BCUT2D eigenvalue weighted by Crippen LogP contribution is 2.22. The Morgan fingerprint density at radius 1 is 1.21 bits per heavy atom. The van der Waals surface area contributed by atoms with Gasteiger partial charge in [0.1, 0.15) is 5.75 Å². The minimum absolute atomic E-state index is 0.149. The first kappa shape index (κ1) is 18.6. The number of likely N-dealkylation sites (tertiary alicyclic amines) is 1. The van der Waals surface area contributed by atoms with Crippen molar-refractivity contribution in [1.29, 1.82) is 0 Å². The van der Waals surface area contributed by atoms with Crippen LogP contribution in [0, 0.1) is 18.8 Å². The second-order valence-electron chi connectivity index (χ2n) is 6.61. The zero-order valence-electron chi connectivity index (χ0n) is 14.4. The molecule has 6 heteroatoms. The maximum atomic E-state index is 12.1. The quantitative estimate of drug-likeness (QED) is 0.763.